The predicted molar refractivity (Wildman–Crippen MR) is 102 cm³/mol. The van der Waals surface area contributed by atoms with Crippen molar-refractivity contribution in [1.29, 1.82) is 0 Å². The fourth-order valence-corrected chi connectivity index (χ4v) is 4.47. The van der Waals surface area contributed by atoms with Crippen molar-refractivity contribution >= 4 is 11.8 Å². The van der Waals surface area contributed by atoms with E-state index >= 15 is 0 Å². The number of imidazole rings is 1. The van der Waals surface area contributed by atoms with E-state index in [0.29, 0.717) is 25.1 Å². The molecule has 4 rings (SSSR count). The Labute approximate surface area is 164 Å². The SMILES string of the molecule is O=C(c1cccc(F)c1)N1CC[C@H]2[C@H](CCC(=O)N2CCCn2ccnc2)C1. The minimum atomic E-state index is -0.395. The molecule has 0 aliphatic carbocycles. The van der Waals surface area contributed by atoms with Gasteiger partial charge in [-0.3, -0.25) is 9.59 Å². The van der Waals surface area contributed by atoms with E-state index in [4.69, 9.17) is 0 Å². The average molecular weight is 384 g/mol. The summed E-state index contributed by atoms with van der Waals surface area (Å²) in [5, 5.41) is 0. The highest BCUT2D eigenvalue weighted by Crippen LogP contribution is 2.32. The Morgan fingerprint density at radius 3 is 2.93 bits per heavy atom. The molecule has 2 aromatic rings. The number of aryl methyl sites for hydroxylation is 1. The number of amides is 2. The van der Waals surface area contributed by atoms with Gasteiger partial charge in [0.2, 0.25) is 5.91 Å². The predicted octanol–water partition coefficient (Wildman–Crippen LogP) is 2.57. The molecule has 148 valence electrons. The van der Waals surface area contributed by atoms with Gasteiger partial charge >= 0.3 is 0 Å². The molecule has 28 heavy (non-hydrogen) atoms. The first-order valence-corrected chi connectivity index (χ1v) is 9.92. The lowest BCUT2D eigenvalue weighted by molar-refractivity contribution is -0.140. The molecule has 2 saturated heterocycles. The van der Waals surface area contributed by atoms with Crippen molar-refractivity contribution in [3.8, 4) is 0 Å². The van der Waals surface area contributed by atoms with E-state index in [1.54, 1.807) is 24.7 Å². The Bertz CT molecular complexity index is 839. The van der Waals surface area contributed by atoms with E-state index in [1.165, 1.54) is 12.1 Å². The first-order valence-electron chi connectivity index (χ1n) is 9.92. The van der Waals surface area contributed by atoms with Crippen molar-refractivity contribution in [2.75, 3.05) is 19.6 Å². The maximum absolute atomic E-state index is 13.5. The Kier molecular flexibility index (Phi) is 5.41. The Hall–Kier alpha value is -2.70. The fraction of sp³-hybridized carbons (Fsp3) is 0.476. The molecule has 2 fully saturated rings. The van der Waals surface area contributed by atoms with E-state index in [9.17, 15) is 14.0 Å². The van der Waals surface area contributed by atoms with Crippen LogP contribution in [0.4, 0.5) is 4.39 Å². The zero-order valence-electron chi connectivity index (χ0n) is 15.8. The van der Waals surface area contributed by atoms with Gasteiger partial charge in [-0.2, -0.15) is 0 Å². The molecular weight excluding hydrogens is 359 g/mol. The highest BCUT2D eigenvalue weighted by Gasteiger charge is 2.40. The number of hydrogen-bond acceptors (Lipinski definition) is 3. The van der Waals surface area contributed by atoms with Crippen molar-refractivity contribution in [2.24, 2.45) is 5.92 Å². The molecule has 0 N–H and O–H groups in total. The number of piperidine rings is 2. The number of carbonyl (C=O) groups excluding carboxylic acids is 2. The quantitative estimate of drug-likeness (QED) is 0.796. The second-order valence-electron chi connectivity index (χ2n) is 7.66. The van der Waals surface area contributed by atoms with Crippen LogP contribution in [0.25, 0.3) is 0 Å². The van der Waals surface area contributed by atoms with Gasteiger partial charge in [0.05, 0.1) is 6.33 Å². The number of halogens is 1. The number of fused-ring (bicyclic) bond motifs is 1. The third-order valence-corrected chi connectivity index (χ3v) is 5.88. The topological polar surface area (TPSA) is 58.4 Å². The minimum absolute atomic E-state index is 0.124. The maximum atomic E-state index is 13.5. The standard InChI is InChI=1S/C21H25FN4O2/c22-18-4-1-3-16(13-18)21(28)25-11-7-19-17(14-25)5-6-20(27)26(19)10-2-9-24-12-8-23-15-24/h1,3-4,8,12-13,15,17,19H,2,5-7,9-11,14H2/t17-,19+/m1/s1. The van der Waals surface area contributed by atoms with Crippen molar-refractivity contribution < 1.29 is 14.0 Å². The number of hydrogen-bond donors (Lipinski definition) is 0. The van der Waals surface area contributed by atoms with Gasteiger partial charge in [-0.1, -0.05) is 6.07 Å². The minimum Gasteiger partial charge on any atom is -0.339 e. The van der Waals surface area contributed by atoms with Gasteiger partial charge < -0.3 is 14.4 Å². The normalized spacial score (nSPS) is 22.2. The van der Waals surface area contributed by atoms with Crippen molar-refractivity contribution in [3.05, 3.63) is 54.4 Å². The van der Waals surface area contributed by atoms with Crippen molar-refractivity contribution in [2.45, 2.75) is 38.3 Å². The van der Waals surface area contributed by atoms with E-state index in [-0.39, 0.29) is 23.8 Å². The van der Waals surface area contributed by atoms with Crippen LogP contribution < -0.4 is 0 Å². The molecule has 0 radical (unpaired) electrons. The van der Waals surface area contributed by atoms with Crippen LogP contribution in [0.1, 0.15) is 36.0 Å². The molecule has 7 heteroatoms. The summed E-state index contributed by atoms with van der Waals surface area (Å²) < 4.78 is 15.5. The van der Waals surface area contributed by atoms with E-state index in [2.05, 4.69) is 4.98 Å². The molecule has 2 amide bonds. The Balaban J connectivity index is 1.37. The number of nitrogens with zero attached hydrogens (tertiary/aromatic N) is 4. The number of likely N-dealkylation sites (tertiary alicyclic amines) is 2. The smallest absolute Gasteiger partial charge is 0.253 e. The molecule has 1 aromatic heterocycles. The highest BCUT2D eigenvalue weighted by molar-refractivity contribution is 5.94. The van der Waals surface area contributed by atoms with Crippen LogP contribution >= 0.6 is 0 Å². The lowest BCUT2D eigenvalue weighted by Crippen LogP contribution is -2.57. The summed E-state index contributed by atoms with van der Waals surface area (Å²) in [5.74, 6) is -0.0106. The molecule has 3 heterocycles. The van der Waals surface area contributed by atoms with Gasteiger partial charge in [0, 0.05) is 56.6 Å². The Morgan fingerprint density at radius 1 is 1.25 bits per heavy atom. The number of benzene rings is 1. The van der Waals surface area contributed by atoms with Gasteiger partial charge in [0.15, 0.2) is 0 Å². The molecule has 6 nitrogen and oxygen atoms in total. The molecular formula is C21H25FN4O2. The van der Waals surface area contributed by atoms with Crippen LogP contribution in [-0.4, -0.2) is 56.8 Å². The average Bonchev–Trinajstić information content (AvgIpc) is 3.22. The van der Waals surface area contributed by atoms with E-state index in [1.807, 2.05) is 20.6 Å². The molecule has 1 aromatic carbocycles. The van der Waals surface area contributed by atoms with Gasteiger partial charge in [0.25, 0.3) is 5.91 Å². The molecule has 0 saturated carbocycles. The zero-order chi connectivity index (χ0) is 19.5. The largest absolute Gasteiger partial charge is 0.339 e. The van der Waals surface area contributed by atoms with Crippen LogP contribution in [0.5, 0.6) is 0 Å². The highest BCUT2D eigenvalue weighted by atomic mass is 19.1. The molecule has 2 aliphatic heterocycles. The van der Waals surface area contributed by atoms with Gasteiger partial charge in [-0.05, 0) is 43.4 Å². The Morgan fingerprint density at radius 2 is 2.14 bits per heavy atom. The number of carbonyl (C=O) groups is 2. The third-order valence-electron chi connectivity index (χ3n) is 5.88. The number of aromatic nitrogens is 2. The summed E-state index contributed by atoms with van der Waals surface area (Å²) in [6, 6.07) is 6.06. The lowest BCUT2D eigenvalue weighted by atomic mass is 9.83. The van der Waals surface area contributed by atoms with Crippen LogP contribution in [0.15, 0.2) is 43.0 Å². The summed E-state index contributed by atoms with van der Waals surface area (Å²) in [5.41, 5.74) is 0.391. The monoisotopic (exact) mass is 384 g/mol. The molecule has 0 unspecified atom stereocenters. The first kappa shape index (κ1) is 18.7. The summed E-state index contributed by atoms with van der Waals surface area (Å²) in [7, 11) is 0. The molecule has 2 atom stereocenters. The maximum Gasteiger partial charge on any atom is 0.253 e. The zero-order valence-corrected chi connectivity index (χ0v) is 15.8. The van der Waals surface area contributed by atoms with E-state index < -0.39 is 5.82 Å². The van der Waals surface area contributed by atoms with Crippen molar-refractivity contribution in [3.63, 3.8) is 0 Å². The van der Waals surface area contributed by atoms with Gasteiger partial charge in [-0.25, -0.2) is 9.37 Å². The molecule has 0 bridgehead atoms. The fourth-order valence-electron chi connectivity index (χ4n) is 4.47. The summed E-state index contributed by atoms with van der Waals surface area (Å²) in [6.07, 6.45) is 8.49. The molecule has 2 aliphatic rings. The van der Waals surface area contributed by atoms with Crippen LogP contribution in [0.2, 0.25) is 0 Å². The summed E-state index contributed by atoms with van der Waals surface area (Å²) >= 11 is 0. The number of rotatable bonds is 5. The lowest BCUT2D eigenvalue weighted by Gasteiger charge is -2.47. The van der Waals surface area contributed by atoms with Crippen LogP contribution in [0, 0.1) is 11.7 Å². The van der Waals surface area contributed by atoms with E-state index in [0.717, 1.165) is 32.4 Å². The van der Waals surface area contributed by atoms with Crippen LogP contribution in [-0.2, 0) is 11.3 Å². The second kappa shape index (κ2) is 8.12. The van der Waals surface area contributed by atoms with Crippen molar-refractivity contribution in [1.82, 2.24) is 19.4 Å². The third kappa shape index (κ3) is 3.93. The van der Waals surface area contributed by atoms with Gasteiger partial charge in [0.1, 0.15) is 5.82 Å². The summed E-state index contributed by atoms with van der Waals surface area (Å²) in [6.45, 7) is 2.80. The van der Waals surface area contributed by atoms with Gasteiger partial charge in [-0.15, -0.1) is 0 Å². The molecule has 0 spiro atoms. The first-order chi connectivity index (χ1) is 13.6. The second-order valence-corrected chi connectivity index (χ2v) is 7.66. The van der Waals surface area contributed by atoms with Crippen LogP contribution in [0.3, 0.4) is 0 Å². The summed E-state index contributed by atoms with van der Waals surface area (Å²) in [4.78, 5) is 33.1.